The fourth-order valence-electron chi connectivity index (χ4n) is 4.02. The van der Waals surface area contributed by atoms with Gasteiger partial charge in [-0.25, -0.2) is 0 Å². The van der Waals surface area contributed by atoms with Gasteiger partial charge in [0.05, 0.1) is 7.11 Å². The van der Waals surface area contributed by atoms with Gasteiger partial charge in [-0.3, -0.25) is 9.69 Å². The Kier molecular flexibility index (Phi) is 5.27. The molecule has 1 saturated heterocycles. The van der Waals surface area contributed by atoms with Crippen LogP contribution in [0.1, 0.15) is 28.8 Å². The maximum Gasteiger partial charge on any atom is 0.226 e. The summed E-state index contributed by atoms with van der Waals surface area (Å²) < 4.78 is 5.22. The Labute approximate surface area is 159 Å². The second-order valence-electron chi connectivity index (χ2n) is 7.28. The second kappa shape index (κ2) is 7.80. The van der Waals surface area contributed by atoms with E-state index in [-0.39, 0.29) is 5.92 Å². The molecule has 1 aromatic carbocycles. The summed E-state index contributed by atoms with van der Waals surface area (Å²) in [5.74, 6) is 1.46. The SMILES string of the molecule is COc1ccc(CN2CCC(C(=O)N3CCc4sccc4C3)CC2)cc1. The van der Waals surface area contributed by atoms with Crippen molar-refractivity contribution in [3.8, 4) is 5.75 Å². The van der Waals surface area contributed by atoms with E-state index in [0.717, 1.165) is 57.7 Å². The number of hydrogen-bond donors (Lipinski definition) is 0. The van der Waals surface area contributed by atoms with Crippen molar-refractivity contribution in [2.24, 2.45) is 5.92 Å². The van der Waals surface area contributed by atoms with Crippen molar-refractivity contribution in [2.45, 2.75) is 32.4 Å². The lowest BCUT2D eigenvalue weighted by Crippen LogP contribution is -2.43. The fourth-order valence-corrected chi connectivity index (χ4v) is 4.91. The van der Waals surface area contributed by atoms with Gasteiger partial charge in [0.1, 0.15) is 5.75 Å². The number of benzene rings is 1. The van der Waals surface area contributed by atoms with Gasteiger partial charge in [0.2, 0.25) is 5.91 Å². The summed E-state index contributed by atoms with van der Waals surface area (Å²) in [5.41, 5.74) is 2.66. The van der Waals surface area contributed by atoms with Crippen LogP contribution in [0.2, 0.25) is 0 Å². The van der Waals surface area contributed by atoms with Crippen molar-refractivity contribution in [1.82, 2.24) is 9.80 Å². The maximum absolute atomic E-state index is 12.9. The average molecular weight is 371 g/mol. The third-order valence-electron chi connectivity index (χ3n) is 5.62. The molecule has 138 valence electrons. The molecule has 26 heavy (non-hydrogen) atoms. The maximum atomic E-state index is 12.9. The molecular formula is C21H26N2O2S. The zero-order valence-corrected chi connectivity index (χ0v) is 16.1. The summed E-state index contributed by atoms with van der Waals surface area (Å²) in [7, 11) is 1.69. The summed E-state index contributed by atoms with van der Waals surface area (Å²) in [6.07, 6.45) is 2.97. The molecule has 0 saturated carbocycles. The number of fused-ring (bicyclic) bond motifs is 1. The van der Waals surface area contributed by atoms with E-state index < -0.39 is 0 Å². The van der Waals surface area contributed by atoms with E-state index in [4.69, 9.17) is 4.74 Å². The van der Waals surface area contributed by atoms with Crippen LogP contribution in [-0.2, 0) is 24.3 Å². The van der Waals surface area contributed by atoms with Gasteiger partial charge >= 0.3 is 0 Å². The van der Waals surface area contributed by atoms with Gasteiger partial charge in [0.15, 0.2) is 0 Å². The number of carbonyl (C=O) groups is 1. The highest BCUT2D eigenvalue weighted by atomic mass is 32.1. The average Bonchev–Trinajstić information content (AvgIpc) is 3.16. The molecule has 0 atom stereocenters. The van der Waals surface area contributed by atoms with Crippen molar-refractivity contribution in [3.05, 3.63) is 51.7 Å². The van der Waals surface area contributed by atoms with Crippen LogP contribution in [0, 0.1) is 5.92 Å². The van der Waals surface area contributed by atoms with Gasteiger partial charge in [-0.05, 0) is 67.1 Å². The molecule has 3 heterocycles. The van der Waals surface area contributed by atoms with Crippen LogP contribution in [-0.4, -0.2) is 42.5 Å². The van der Waals surface area contributed by atoms with Crippen molar-refractivity contribution in [3.63, 3.8) is 0 Å². The predicted octanol–water partition coefficient (Wildman–Crippen LogP) is 3.55. The third kappa shape index (κ3) is 3.79. The Morgan fingerprint density at radius 2 is 1.92 bits per heavy atom. The Balaban J connectivity index is 1.28. The van der Waals surface area contributed by atoms with Crippen LogP contribution in [0.5, 0.6) is 5.75 Å². The highest BCUT2D eigenvalue weighted by molar-refractivity contribution is 7.10. The van der Waals surface area contributed by atoms with E-state index in [9.17, 15) is 4.79 Å². The van der Waals surface area contributed by atoms with E-state index in [1.807, 2.05) is 23.5 Å². The van der Waals surface area contributed by atoms with Gasteiger partial charge in [-0.1, -0.05) is 12.1 Å². The molecule has 1 amide bonds. The monoisotopic (exact) mass is 370 g/mol. The largest absolute Gasteiger partial charge is 0.497 e. The molecule has 4 rings (SSSR count). The lowest BCUT2D eigenvalue weighted by atomic mass is 9.94. The molecular weight excluding hydrogens is 344 g/mol. The van der Waals surface area contributed by atoms with Gasteiger partial charge in [-0.15, -0.1) is 11.3 Å². The predicted molar refractivity (Wildman–Crippen MR) is 104 cm³/mol. The first kappa shape index (κ1) is 17.6. The van der Waals surface area contributed by atoms with Gasteiger partial charge < -0.3 is 9.64 Å². The molecule has 1 aromatic heterocycles. The Hall–Kier alpha value is -1.85. The molecule has 0 unspecified atom stereocenters. The molecule has 2 aliphatic rings. The van der Waals surface area contributed by atoms with Crippen LogP contribution in [0.3, 0.4) is 0 Å². The number of rotatable bonds is 4. The molecule has 2 aromatic rings. The summed E-state index contributed by atoms with van der Waals surface area (Å²) in [5, 5.41) is 2.15. The molecule has 2 aliphatic heterocycles. The quantitative estimate of drug-likeness (QED) is 0.825. The van der Waals surface area contributed by atoms with Crippen molar-refractivity contribution in [2.75, 3.05) is 26.7 Å². The summed E-state index contributed by atoms with van der Waals surface area (Å²) in [6.45, 7) is 4.65. The van der Waals surface area contributed by atoms with Crippen LogP contribution < -0.4 is 4.74 Å². The minimum Gasteiger partial charge on any atom is -0.497 e. The Bertz CT molecular complexity index is 748. The van der Waals surface area contributed by atoms with E-state index in [0.29, 0.717) is 5.91 Å². The van der Waals surface area contributed by atoms with Crippen molar-refractivity contribution < 1.29 is 9.53 Å². The Morgan fingerprint density at radius 1 is 1.15 bits per heavy atom. The molecule has 0 radical (unpaired) electrons. The van der Waals surface area contributed by atoms with Gasteiger partial charge in [0.25, 0.3) is 0 Å². The van der Waals surface area contributed by atoms with Crippen molar-refractivity contribution >= 4 is 17.2 Å². The first-order chi connectivity index (χ1) is 12.7. The summed E-state index contributed by atoms with van der Waals surface area (Å²) in [6, 6.07) is 10.5. The number of hydrogen-bond acceptors (Lipinski definition) is 4. The number of piperidine rings is 1. The summed E-state index contributed by atoms with van der Waals surface area (Å²) in [4.78, 5) is 18.9. The molecule has 0 N–H and O–H groups in total. The normalized spacial score (nSPS) is 18.6. The van der Waals surface area contributed by atoms with Crippen molar-refractivity contribution in [1.29, 1.82) is 0 Å². The summed E-state index contributed by atoms with van der Waals surface area (Å²) >= 11 is 1.83. The number of methoxy groups -OCH3 is 1. The van der Waals surface area contributed by atoms with E-state index in [2.05, 4.69) is 33.4 Å². The minimum absolute atomic E-state index is 0.197. The van der Waals surface area contributed by atoms with Crippen LogP contribution in [0.4, 0.5) is 0 Å². The number of nitrogens with zero attached hydrogens (tertiary/aromatic N) is 2. The smallest absolute Gasteiger partial charge is 0.226 e. The zero-order chi connectivity index (χ0) is 17.9. The minimum atomic E-state index is 0.197. The first-order valence-electron chi connectivity index (χ1n) is 9.42. The lowest BCUT2D eigenvalue weighted by molar-refractivity contribution is -0.138. The first-order valence-corrected chi connectivity index (χ1v) is 10.3. The standard InChI is InChI=1S/C21H26N2O2S/c1-25-19-4-2-16(3-5-19)14-22-10-6-17(7-11-22)21(24)23-12-8-20-18(15-23)9-13-26-20/h2-5,9,13,17H,6-8,10-12,14-15H2,1H3. The molecule has 0 spiro atoms. The third-order valence-corrected chi connectivity index (χ3v) is 6.64. The van der Waals surface area contributed by atoms with E-state index in [1.165, 1.54) is 16.0 Å². The van der Waals surface area contributed by atoms with Crippen LogP contribution >= 0.6 is 11.3 Å². The molecule has 4 nitrogen and oxygen atoms in total. The highest BCUT2D eigenvalue weighted by Crippen LogP contribution is 2.27. The molecule has 5 heteroatoms. The molecule has 1 fully saturated rings. The van der Waals surface area contributed by atoms with Gasteiger partial charge in [-0.2, -0.15) is 0 Å². The highest BCUT2D eigenvalue weighted by Gasteiger charge is 2.30. The van der Waals surface area contributed by atoms with Crippen LogP contribution in [0.15, 0.2) is 35.7 Å². The van der Waals surface area contributed by atoms with Gasteiger partial charge in [0, 0.05) is 30.4 Å². The number of likely N-dealkylation sites (tertiary alicyclic amines) is 1. The molecule has 0 bridgehead atoms. The number of carbonyl (C=O) groups excluding carboxylic acids is 1. The molecule has 0 aliphatic carbocycles. The lowest BCUT2D eigenvalue weighted by Gasteiger charge is -2.35. The number of amides is 1. The topological polar surface area (TPSA) is 32.8 Å². The zero-order valence-electron chi connectivity index (χ0n) is 15.3. The number of thiophene rings is 1. The fraction of sp³-hybridized carbons (Fsp3) is 0.476. The number of ether oxygens (including phenoxy) is 1. The van der Waals surface area contributed by atoms with E-state index in [1.54, 1.807) is 7.11 Å². The van der Waals surface area contributed by atoms with Crippen LogP contribution in [0.25, 0.3) is 0 Å². The Morgan fingerprint density at radius 3 is 2.65 bits per heavy atom. The second-order valence-corrected chi connectivity index (χ2v) is 8.28. The van der Waals surface area contributed by atoms with E-state index >= 15 is 0 Å².